The molecule has 3 atom stereocenters. The minimum Gasteiger partial charge on any atom is -0.370 e. The van der Waals surface area contributed by atoms with E-state index in [1.807, 2.05) is 19.1 Å². The van der Waals surface area contributed by atoms with E-state index in [0.717, 1.165) is 11.1 Å². The van der Waals surface area contributed by atoms with Crippen molar-refractivity contribution in [2.45, 2.75) is 31.2 Å². The molecule has 0 bridgehead atoms. The number of halogens is 1. The molecule has 2 fully saturated rings. The van der Waals surface area contributed by atoms with Gasteiger partial charge < -0.3 is 20.3 Å². The molecule has 2 aromatic rings. The van der Waals surface area contributed by atoms with E-state index in [1.165, 1.54) is 0 Å². The molecule has 0 saturated carbocycles. The highest BCUT2D eigenvalue weighted by Gasteiger charge is 2.41. The summed E-state index contributed by atoms with van der Waals surface area (Å²) >= 11 is 0. The van der Waals surface area contributed by atoms with Crippen LogP contribution in [0.5, 0.6) is 0 Å². The van der Waals surface area contributed by atoms with Gasteiger partial charge in [0.25, 0.3) is 5.91 Å². The van der Waals surface area contributed by atoms with Gasteiger partial charge >= 0.3 is 0 Å². The fourth-order valence-corrected chi connectivity index (χ4v) is 3.97. The number of anilines is 1. The fraction of sp³-hybridized carbons (Fsp3) is 0.500. The van der Waals surface area contributed by atoms with E-state index in [2.05, 4.69) is 31.6 Å². The lowest BCUT2D eigenvalue weighted by molar-refractivity contribution is -0.132. The molecule has 152 valence electrons. The first-order valence-corrected chi connectivity index (χ1v) is 9.72. The molecule has 2 aliphatic rings. The number of rotatable bonds is 4. The number of ether oxygens (including phenoxy) is 1. The fourth-order valence-electron chi connectivity index (χ4n) is 3.97. The predicted octanol–water partition coefficient (Wildman–Crippen LogP) is 0.913. The highest BCUT2D eigenvalue weighted by Crippen LogP contribution is 2.29. The molecule has 4 heterocycles. The van der Waals surface area contributed by atoms with Crippen molar-refractivity contribution >= 4 is 22.5 Å². The third kappa shape index (κ3) is 3.86. The van der Waals surface area contributed by atoms with Crippen LogP contribution in [0.4, 0.5) is 10.1 Å². The summed E-state index contributed by atoms with van der Waals surface area (Å²) in [6, 6.07) is 5.81. The van der Waals surface area contributed by atoms with Crippen LogP contribution in [0, 0.1) is 11.3 Å². The Labute approximate surface area is 168 Å². The van der Waals surface area contributed by atoms with Crippen LogP contribution in [0.1, 0.15) is 19.0 Å². The van der Waals surface area contributed by atoms with Crippen LogP contribution in [0.2, 0.25) is 0 Å². The average molecular weight is 398 g/mol. The number of amides is 1. The molecule has 1 amide bonds. The van der Waals surface area contributed by atoms with Crippen LogP contribution in [0.25, 0.3) is 10.9 Å². The molecule has 2 N–H and O–H groups in total. The second kappa shape index (κ2) is 7.89. The Morgan fingerprint density at radius 2 is 2.38 bits per heavy atom. The summed E-state index contributed by atoms with van der Waals surface area (Å²) in [5.74, 6) is -0.592. The number of hydrogen-bond acceptors (Lipinski definition) is 7. The zero-order chi connectivity index (χ0) is 20.4. The van der Waals surface area contributed by atoms with E-state index in [-0.39, 0.29) is 37.4 Å². The van der Waals surface area contributed by atoms with Crippen LogP contribution in [0.15, 0.2) is 24.5 Å². The van der Waals surface area contributed by atoms with Crippen molar-refractivity contribution in [2.75, 3.05) is 37.6 Å². The van der Waals surface area contributed by atoms with E-state index in [4.69, 9.17) is 4.74 Å². The second-order valence-electron chi connectivity index (χ2n) is 7.58. The van der Waals surface area contributed by atoms with Crippen molar-refractivity contribution in [3.05, 3.63) is 30.2 Å². The van der Waals surface area contributed by atoms with Gasteiger partial charge in [-0.2, -0.15) is 5.26 Å². The summed E-state index contributed by atoms with van der Waals surface area (Å²) in [5, 5.41) is 15.7. The molecule has 2 aliphatic heterocycles. The van der Waals surface area contributed by atoms with E-state index in [9.17, 15) is 14.4 Å². The van der Waals surface area contributed by atoms with Gasteiger partial charge in [0.05, 0.1) is 24.1 Å². The molecule has 2 aromatic heterocycles. The van der Waals surface area contributed by atoms with Crippen LogP contribution in [-0.2, 0) is 9.53 Å². The number of nitrogens with zero attached hydrogens (tertiary/aromatic N) is 4. The number of carbonyl (C=O) groups excluding carboxylic acids is 1. The number of fused-ring (bicyclic) bond motifs is 1. The average Bonchev–Trinajstić information content (AvgIpc) is 3.18. The normalized spacial score (nSPS) is 27.0. The van der Waals surface area contributed by atoms with Crippen LogP contribution in [-0.4, -0.2) is 66.5 Å². The highest BCUT2D eigenvalue weighted by molar-refractivity contribution is 5.93. The van der Waals surface area contributed by atoms with Crippen LogP contribution >= 0.6 is 0 Å². The number of carbonyl (C=O) groups is 1. The minimum absolute atomic E-state index is 0.0444. The zero-order valence-electron chi connectivity index (χ0n) is 16.2. The Balaban J connectivity index is 1.50. The Morgan fingerprint density at radius 3 is 3.14 bits per heavy atom. The van der Waals surface area contributed by atoms with E-state index in [0.29, 0.717) is 25.2 Å². The van der Waals surface area contributed by atoms with Crippen molar-refractivity contribution in [1.82, 2.24) is 20.6 Å². The van der Waals surface area contributed by atoms with Gasteiger partial charge in [-0.05, 0) is 25.6 Å². The first-order valence-electron chi connectivity index (χ1n) is 9.72. The van der Waals surface area contributed by atoms with Gasteiger partial charge in [-0.25, -0.2) is 9.37 Å². The van der Waals surface area contributed by atoms with Gasteiger partial charge in [-0.1, -0.05) is 0 Å². The molecular formula is C20H23FN6O2. The van der Waals surface area contributed by atoms with E-state index >= 15 is 0 Å². The van der Waals surface area contributed by atoms with Crippen molar-refractivity contribution in [3.8, 4) is 6.07 Å². The Hall–Kier alpha value is -2.83. The maximum atomic E-state index is 14.6. The number of morpholine rings is 1. The minimum atomic E-state index is -1.85. The van der Waals surface area contributed by atoms with Gasteiger partial charge in [0, 0.05) is 44.2 Å². The molecule has 0 aromatic carbocycles. The lowest BCUT2D eigenvalue weighted by atomic mass is 10.0. The molecule has 0 spiro atoms. The highest BCUT2D eigenvalue weighted by atomic mass is 19.1. The summed E-state index contributed by atoms with van der Waals surface area (Å²) in [6.07, 6.45) is 3.13. The molecule has 2 saturated heterocycles. The molecule has 4 rings (SSSR count). The Bertz CT molecular complexity index is 956. The SMILES string of the molecule is CC1CN(c2cnc(C#N)c3ncccc23)CC(CNC(=O)C2(F)CCNC2)O1. The number of alkyl halides is 1. The molecule has 0 radical (unpaired) electrons. The van der Waals surface area contributed by atoms with Gasteiger partial charge in [0.2, 0.25) is 5.67 Å². The summed E-state index contributed by atoms with van der Waals surface area (Å²) in [5.41, 5.74) is -0.142. The molecule has 9 heteroatoms. The van der Waals surface area contributed by atoms with E-state index in [1.54, 1.807) is 12.4 Å². The second-order valence-corrected chi connectivity index (χ2v) is 7.58. The molecule has 0 aliphatic carbocycles. The largest absolute Gasteiger partial charge is 0.370 e. The summed E-state index contributed by atoms with van der Waals surface area (Å²) in [6.45, 7) is 3.88. The summed E-state index contributed by atoms with van der Waals surface area (Å²) in [4.78, 5) is 22.9. The lowest BCUT2D eigenvalue weighted by Gasteiger charge is -2.38. The quantitative estimate of drug-likeness (QED) is 0.789. The molecular weight excluding hydrogens is 375 g/mol. The number of nitrogens with one attached hydrogen (secondary N) is 2. The van der Waals surface area contributed by atoms with Gasteiger partial charge in [0.1, 0.15) is 11.6 Å². The summed E-state index contributed by atoms with van der Waals surface area (Å²) in [7, 11) is 0. The van der Waals surface area contributed by atoms with Crippen LogP contribution in [0.3, 0.4) is 0 Å². The number of aromatic nitrogens is 2. The first kappa shape index (κ1) is 19.5. The Kier molecular flexibility index (Phi) is 5.30. The van der Waals surface area contributed by atoms with Crippen molar-refractivity contribution < 1.29 is 13.9 Å². The smallest absolute Gasteiger partial charge is 0.259 e. The molecule has 3 unspecified atom stereocenters. The standard InChI is InChI=1S/C20H23FN6O2/c1-13-10-27(17-9-25-16(7-22)18-15(17)3-2-5-24-18)11-14(29-13)8-26-19(28)20(21)4-6-23-12-20/h2-3,5,9,13-14,23H,4,6,8,10-12H2,1H3,(H,26,28). The molecule has 8 nitrogen and oxygen atoms in total. The maximum Gasteiger partial charge on any atom is 0.259 e. The maximum absolute atomic E-state index is 14.6. The van der Waals surface area contributed by atoms with Crippen molar-refractivity contribution in [1.29, 1.82) is 5.26 Å². The van der Waals surface area contributed by atoms with Gasteiger partial charge in [0.15, 0.2) is 5.69 Å². The third-order valence-corrected chi connectivity index (χ3v) is 5.40. The third-order valence-electron chi connectivity index (χ3n) is 5.40. The first-order chi connectivity index (χ1) is 14.0. The topological polar surface area (TPSA) is 103 Å². The number of hydrogen-bond donors (Lipinski definition) is 2. The van der Waals surface area contributed by atoms with Gasteiger partial charge in [-0.3, -0.25) is 9.78 Å². The zero-order valence-corrected chi connectivity index (χ0v) is 16.2. The molecule has 29 heavy (non-hydrogen) atoms. The van der Waals surface area contributed by atoms with E-state index < -0.39 is 11.6 Å². The van der Waals surface area contributed by atoms with Crippen LogP contribution < -0.4 is 15.5 Å². The Morgan fingerprint density at radius 1 is 1.52 bits per heavy atom. The van der Waals surface area contributed by atoms with Crippen molar-refractivity contribution in [3.63, 3.8) is 0 Å². The van der Waals surface area contributed by atoms with Crippen molar-refractivity contribution in [2.24, 2.45) is 0 Å². The van der Waals surface area contributed by atoms with Gasteiger partial charge in [-0.15, -0.1) is 0 Å². The number of nitriles is 1. The lowest BCUT2D eigenvalue weighted by Crippen LogP contribution is -2.53. The number of pyridine rings is 2. The monoisotopic (exact) mass is 398 g/mol. The predicted molar refractivity (Wildman–Crippen MR) is 105 cm³/mol. The summed E-state index contributed by atoms with van der Waals surface area (Å²) < 4.78 is 20.5.